The zero-order valence-corrected chi connectivity index (χ0v) is 17.2. The Labute approximate surface area is 176 Å². The van der Waals surface area contributed by atoms with Crippen molar-refractivity contribution in [3.05, 3.63) is 59.8 Å². The van der Waals surface area contributed by atoms with E-state index in [1.165, 1.54) is 25.9 Å². The summed E-state index contributed by atoms with van der Waals surface area (Å²) >= 11 is 6.16. The van der Waals surface area contributed by atoms with Crippen LogP contribution in [0.3, 0.4) is 0 Å². The molecule has 1 fully saturated rings. The number of nitrogens with one attached hydrogen (secondary N) is 1. The molecule has 0 spiro atoms. The number of nitrogen functional groups attached to an aromatic ring is 1. The van der Waals surface area contributed by atoms with Crippen LogP contribution in [0.1, 0.15) is 19.3 Å². The molecular weight excluding hydrogens is 382 g/mol. The predicted molar refractivity (Wildman–Crippen MR) is 121 cm³/mol. The van der Waals surface area contributed by atoms with Crippen LogP contribution in [-0.4, -0.2) is 41.0 Å². The molecule has 1 aliphatic rings. The van der Waals surface area contributed by atoms with Crippen molar-refractivity contribution < 1.29 is 0 Å². The lowest BCUT2D eigenvalue weighted by atomic mass is 10.00. The van der Waals surface area contributed by atoms with E-state index in [1.54, 1.807) is 6.20 Å². The maximum atomic E-state index is 6.16. The standard InChI is InChI=1S/C23H26ClN5/c24-20-9-4-7-18(15-20)17-6-3-8-19(14-17)21-16-27-23(25)28-22(21)26-10-5-13-29-11-1-2-12-29/h3-4,6-9,14-16H,1-2,5,10-13H2,(H3,25,26,27,28). The highest BCUT2D eigenvalue weighted by Gasteiger charge is 2.12. The maximum absolute atomic E-state index is 6.16. The number of aromatic nitrogens is 2. The number of halogens is 1. The normalized spacial score (nSPS) is 14.2. The monoisotopic (exact) mass is 407 g/mol. The lowest BCUT2D eigenvalue weighted by molar-refractivity contribution is 0.337. The SMILES string of the molecule is Nc1ncc(-c2cccc(-c3cccc(Cl)c3)c2)c(NCCCN2CCCC2)n1. The molecule has 150 valence electrons. The number of hydrogen-bond acceptors (Lipinski definition) is 5. The third-order valence-corrected chi connectivity index (χ3v) is 5.52. The molecule has 0 aliphatic carbocycles. The lowest BCUT2D eigenvalue weighted by Gasteiger charge is -2.16. The van der Waals surface area contributed by atoms with Crippen molar-refractivity contribution in [3.63, 3.8) is 0 Å². The summed E-state index contributed by atoms with van der Waals surface area (Å²) in [5, 5.41) is 4.19. The summed E-state index contributed by atoms with van der Waals surface area (Å²) in [4.78, 5) is 11.2. The van der Waals surface area contributed by atoms with Crippen LogP contribution in [0.5, 0.6) is 0 Å². The van der Waals surface area contributed by atoms with Gasteiger partial charge in [-0.1, -0.05) is 41.9 Å². The smallest absolute Gasteiger partial charge is 0.221 e. The van der Waals surface area contributed by atoms with Gasteiger partial charge in [-0.25, -0.2) is 4.98 Å². The summed E-state index contributed by atoms with van der Waals surface area (Å²) in [5.74, 6) is 1.06. The molecule has 0 saturated carbocycles. The fourth-order valence-corrected chi connectivity index (χ4v) is 3.98. The summed E-state index contributed by atoms with van der Waals surface area (Å²) in [6.45, 7) is 4.42. The topological polar surface area (TPSA) is 67.1 Å². The fourth-order valence-electron chi connectivity index (χ4n) is 3.79. The second-order valence-corrected chi connectivity index (χ2v) is 7.85. The quantitative estimate of drug-likeness (QED) is 0.543. The van der Waals surface area contributed by atoms with E-state index in [-0.39, 0.29) is 5.95 Å². The van der Waals surface area contributed by atoms with Gasteiger partial charge < -0.3 is 16.0 Å². The number of anilines is 2. The first-order valence-corrected chi connectivity index (χ1v) is 10.5. The Morgan fingerprint density at radius 3 is 2.52 bits per heavy atom. The minimum Gasteiger partial charge on any atom is -0.369 e. The van der Waals surface area contributed by atoms with Gasteiger partial charge in [0.1, 0.15) is 5.82 Å². The van der Waals surface area contributed by atoms with E-state index in [4.69, 9.17) is 17.3 Å². The largest absolute Gasteiger partial charge is 0.369 e. The summed E-state index contributed by atoms with van der Waals surface area (Å²) in [7, 11) is 0. The Balaban J connectivity index is 1.52. The van der Waals surface area contributed by atoms with Crippen molar-refractivity contribution in [1.82, 2.24) is 14.9 Å². The second-order valence-electron chi connectivity index (χ2n) is 7.41. The van der Waals surface area contributed by atoms with Crippen molar-refractivity contribution in [3.8, 4) is 22.3 Å². The number of nitrogens with two attached hydrogens (primary N) is 1. The maximum Gasteiger partial charge on any atom is 0.221 e. The minimum absolute atomic E-state index is 0.279. The van der Waals surface area contributed by atoms with Crippen molar-refractivity contribution >= 4 is 23.4 Å². The third kappa shape index (κ3) is 5.05. The highest BCUT2D eigenvalue weighted by atomic mass is 35.5. The molecular formula is C23H26ClN5. The van der Waals surface area contributed by atoms with Gasteiger partial charge in [-0.15, -0.1) is 0 Å². The Kier molecular flexibility index (Phi) is 6.27. The zero-order valence-electron chi connectivity index (χ0n) is 16.4. The highest BCUT2D eigenvalue weighted by molar-refractivity contribution is 6.30. The molecule has 1 aliphatic heterocycles. The summed E-state index contributed by atoms with van der Waals surface area (Å²) in [6.07, 6.45) is 5.51. The van der Waals surface area contributed by atoms with Crippen LogP contribution >= 0.6 is 11.6 Å². The van der Waals surface area contributed by atoms with Crippen LogP contribution in [0.25, 0.3) is 22.3 Å². The van der Waals surface area contributed by atoms with Crippen LogP contribution in [-0.2, 0) is 0 Å². The van der Waals surface area contributed by atoms with Gasteiger partial charge in [0.15, 0.2) is 0 Å². The van der Waals surface area contributed by atoms with Crippen LogP contribution < -0.4 is 11.1 Å². The van der Waals surface area contributed by atoms with E-state index in [0.717, 1.165) is 52.6 Å². The molecule has 0 amide bonds. The van der Waals surface area contributed by atoms with Gasteiger partial charge in [-0.2, -0.15) is 4.98 Å². The molecule has 1 saturated heterocycles. The van der Waals surface area contributed by atoms with Gasteiger partial charge >= 0.3 is 0 Å². The number of benzene rings is 2. The Bertz CT molecular complexity index is 969. The predicted octanol–water partition coefficient (Wildman–Crippen LogP) is 4.94. The van der Waals surface area contributed by atoms with Gasteiger partial charge in [0.25, 0.3) is 0 Å². The van der Waals surface area contributed by atoms with Gasteiger partial charge in [-0.3, -0.25) is 0 Å². The van der Waals surface area contributed by atoms with E-state index in [1.807, 2.05) is 24.3 Å². The van der Waals surface area contributed by atoms with Crippen molar-refractivity contribution in [2.45, 2.75) is 19.3 Å². The first-order valence-electron chi connectivity index (χ1n) is 10.1. The Hall–Kier alpha value is -2.63. The molecule has 29 heavy (non-hydrogen) atoms. The summed E-state index contributed by atoms with van der Waals surface area (Å²) < 4.78 is 0. The first kappa shape index (κ1) is 19.7. The Morgan fingerprint density at radius 2 is 1.72 bits per heavy atom. The van der Waals surface area contributed by atoms with Gasteiger partial charge in [0.05, 0.1) is 0 Å². The van der Waals surface area contributed by atoms with Crippen LogP contribution in [0, 0.1) is 0 Å². The molecule has 4 rings (SSSR count). The van der Waals surface area contributed by atoms with E-state index in [0.29, 0.717) is 0 Å². The van der Waals surface area contributed by atoms with E-state index >= 15 is 0 Å². The van der Waals surface area contributed by atoms with Crippen molar-refractivity contribution in [2.75, 3.05) is 37.2 Å². The van der Waals surface area contributed by atoms with Crippen molar-refractivity contribution in [2.24, 2.45) is 0 Å². The second kappa shape index (κ2) is 9.25. The van der Waals surface area contributed by atoms with Crippen LogP contribution in [0.15, 0.2) is 54.7 Å². The first-order chi connectivity index (χ1) is 14.2. The third-order valence-electron chi connectivity index (χ3n) is 5.28. The Morgan fingerprint density at radius 1 is 1.00 bits per heavy atom. The molecule has 0 unspecified atom stereocenters. The average molecular weight is 408 g/mol. The van der Waals surface area contributed by atoms with E-state index in [9.17, 15) is 0 Å². The molecule has 0 bridgehead atoms. The molecule has 2 heterocycles. The molecule has 6 heteroatoms. The van der Waals surface area contributed by atoms with Gasteiger partial charge in [-0.05, 0) is 73.8 Å². The number of nitrogens with zero attached hydrogens (tertiary/aromatic N) is 3. The van der Waals surface area contributed by atoms with Gasteiger partial charge in [0, 0.05) is 23.3 Å². The molecule has 1 aromatic heterocycles. The van der Waals surface area contributed by atoms with Gasteiger partial charge in [0.2, 0.25) is 5.95 Å². The van der Waals surface area contributed by atoms with Crippen LogP contribution in [0.4, 0.5) is 11.8 Å². The number of hydrogen-bond donors (Lipinski definition) is 2. The zero-order chi connectivity index (χ0) is 20.1. The summed E-state index contributed by atoms with van der Waals surface area (Å²) in [5.41, 5.74) is 10.0. The molecule has 3 N–H and O–H groups in total. The molecule has 5 nitrogen and oxygen atoms in total. The molecule has 2 aromatic carbocycles. The van der Waals surface area contributed by atoms with E-state index < -0.39 is 0 Å². The van der Waals surface area contributed by atoms with Crippen molar-refractivity contribution in [1.29, 1.82) is 0 Å². The molecule has 3 aromatic rings. The van der Waals surface area contributed by atoms with E-state index in [2.05, 4.69) is 44.5 Å². The average Bonchev–Trinajstić information content (AvgIpc) is 3.25. The fraction of sp³-hybridized carbons (Fsp3) is 0.304. The summed E-state index contributed by atoms with van der Waals surface area (Å²) in [6, 6.07) is 16.2. The highest BCUT2D eigenvalue weighted by Crippen LogP contribution is 2.31. The number of likely N-dealkylation sites (tertiary alicyclic amines) is 1. The van der Waals surface area contributed by atoms with Crippen LogP contribution in [0.2, 0.25) is 5.02 Å². The lowest BCUT2D eigenvalue weighted by Crippen LogP contribution is -2.22. The minimum atomic E-state index is 0.279. The molecule has 0 atom stereocenters. The number of rotatable bonds is 7. The molecule has 0 radical (unpaired) electrons.